The van der Waals surface area contributed by atoms with Crippen LogP contribution >= 0.6 is 0 Å². The molecule has 0 bridgehead atoms. The summed E-state index contributed by atoms with van der Waals surface area (Å²) in [6.07, 6.45) is 2.32. The van der Waals surface area contributed by atoms with Crippen LogP contribution in [0.15, 0.2) is 97.5 Å². The number of para-hydroxylation sites is 1. The standard InChI is InChI=1S/C43H43N5O.Pt/c1-29(2)20-31-22-32(21-30(3)4)24-34(23-31)46-18-19-47(28-46)41-27-36(15-17-44-41)49-35-12-13-38-37-10-8-9-11-39(37)48(40(38)26-35)42-25-33(14-16-45-42)43(5,6)7;/h8-19,22-25,29-30H,20-21H2,1-7H3;/q-2;/i18D,19D,20D2,21D2;. The molecule has 0 aliphatic carbocycles. The van der Waals surface area contributed by atoms with Gasteiger partial charge in [0.05, 0.1) is 14.2 Å². The molecule has 3 aromatic carbocycles. The third-order valence-corrected chi connectivity index (χ3v) is 8.05. The summed E-state index contributed by atoms with van der Waals surface area (Å²) in [5.41, 5.74) is 3.75. The minimum absolute atomic E-state index is 0. The Morgan fingerprint density at radius 1 is 0.840 bits per heavy atom. The molecule has 7 heteroatoms. The maximum atomic E-state index is 8.87. The van der Waals surface area contributed by atoms with Crippen molar-refractivity contribution in [1.29, 1.82) is 0 Å². The molecule has 0 N–H and O–H groups in total. The zero-order valence-corrected chi connectivity index (χ0v) is 31.5. The maximum absolute atomic E-state index is 8.87. The summed E-state index contributed by atoms with van der Waals surface area (Å²) >= 11 is 0. The molecule has 0 spiro atoms. The van der Waals surface area contributed by atoms with Crippen LogP contribution in [0.4, 0.5) is 0 Å². The van der Waals surface area contributed by atoms with E-state index in [2.05, 4.69) is 67.0 Å². The van der Waals surface area contributed by atoms with Crippen LogP contribution in [0.25, 0.3) is 39.1 Å². The molecule has 4 aromatic heterocycles. The van der Waals surface area contributed by atoms with E-state index >= 15 is 0 Å². The Balaban J connectivity index is 0.00000532. The smallest absolute Gasteiger partial charge is 0.268 e. The topological polar surface area (TPSA) is 48.8 Å². The Hall–Kier alpha value is -4.54. The van der Waals surface area contributed by atoms with Gasteiger partial charge < -0.3 is 9.30 Å². The SMILES string of the molecule is [2H]c1c([2H])[n+](-c2cc(C([2H])([2H])C(C)C)cc(C([2H])([2H])C(C)C)c2)[c-]n1-c1[c-]c(Oc2[c-]c3c(cc2)c2ccccc2n3-c2cc(C(C)(C)C)ccn2)ccn1.[Pt]. The van der Waals surface area contributed by atoms with Crippen molar-refractivity contribution in [2.75, 3.05) is 0 Å². The van der Waals surface area contributed by atoms with Crippen molar-refractivity contribution in [2.45, 2.75) is 66.6 Å². The molecule has 0 saturated carbocycles. The summed E-state index contributed by atoms with van der Waals surface area (Å²) in [4.78, 5) is 9.17. The van der Waals surface area contributed by atoms with E-state index in [9.17, 15) is 0 Å². The molecule has 0 unspecified atom stereocenters. The minimum Gasteiger partial charge on any atom is -0.522 e. The van der Waals surface area contributed by atoms with Gasteiger partial charge in [-0.2, -0.15) is 18.2 Å². The number of ether oxygens (including phenoxy) is 1. The molecule has 0 amide bonds. The number of rotatable bonds is 9. The van der Waals surface area contributed by atoms with E-state index in [4.69, 9.17) is 17.9 Å². The van der Waals surface area contributed by atoms with E-state index in [-0.39, 0.29) is 55.8 Å². The Kier molecular flexibility index (Phi) is 8.10. The fourth-order valence-electron chi connectivity index (χ4n) is 5.88. The number of nitrogens with zero attached hydrogens (tertiary/aromatic N) is 5. The quantitative estimate of drug-likeness (QED) is 0.108. The molecule has 0 radical (unpaired) electrons. The number of benzene rings is 3. The van der Waals surface area contributed by atoms with Crippen LogP contribution in [-0.4, -0.2) is 19.1 Å². The second kappa shape index (κ2) is 14.4. The predicted octanol–water partition coefficient (Wildman–Crippen LogP) is 9.53. The van der Waals surface area contributed by atoms with E-state index in [0.717, 1.165) is 33.2 Å². The second-order valence-corrected chi connectivity index (χ2v) is 13.8. The normalized spacial score (nSPS) is 14.2. The number of imidazole rings is 1. The van der Waals surface area contributed by atoms with Crippen molar-refractivity contribution in [1.82, 2.24) is 19.1 Å². The van der Waals surface area contributed by atoms with E-state index in [1.54, 1.807) is 52.0 Å². The summed E-state index contributed by atoms with van der Waals surface area (Å²) in [6.45, 7) is 13.6. The molecule has 0 aliphatic rings. The van der Waals surface area contributed by atoms with Gasteiger partial charge in [-0.05, 0) is 77.0 Å². The van der Waals surface area contributed by atoms with Gasteiger partial charge in [-0.25, -0.2) is 4.98 Å². The fraction of sp³-hybridized carbons (Fsp3) is 0.279. The molecule has 4 heterocycles. The predicted molar refractivity (Wildman–Crippen MR) is 196 cm³/mol. The average Bonchev–Trinajstić information content (AvgIpc) is 3.63. The minimum atomic E-state index is -1.78. The van der Waals surface area contributed by atoms with Crippen molar-refractivity contribution in [3.05, 3.63) is 133 Å². The van der Waals surface area contributed by atoms with Crippen LogP contribution in [0.5, 0.6) is 11.5 Å². The zero-order chi connectivity index (χ0) is 39.6. The molecule has 0 aliphatic heterocycles. The first kappa shape index (κ1) is 28.2. The van der Waals surface area contributed by atoms with Crippen molar-refractivity contribution >= 4 is 21.8 Å². The molecule has 7 rings (SSSR count). The number of fused-ring (bicyclic) bond motifs is 3. The van der Waals surface area contributed by atoms with Gasteiger partial charge in [-0.15, -0.1) is 17.5 Å². The number of hydrogen-bond donors (Lipinski definition) is 0. The summed E-state index contributed by atoms with van der Waals surface area (Å²) in [7, 11) is 0. The Labute approximate surface area is 318 Å². The second-order valence-electron chi connectivity index (χ2n) is 13.8. The molecule has 0 saturated heterocycles. The Morgan fingerprint density at radius 2 is 1.54 bits per heavy atom. The van der Waals surface area contributed by atoms with Crippen molar-refractivity contribution in [3.63, 3.8) is 0 Å². The molecule has 258 valence electrons. The zero-order valence-electron chi connectivity index (χ0n) is 35.2. The van der Waals surface area contributed by atoms with Gasteiger partial charge in [-0.3, -0.25) is 14.1 Å². The van der Waals surface area contributed by atoms with E-state index < -0.39 is 24.6 Å². The molecule has 50 heavy (non-hydrogen) atoms. The van der Waals surface area contributed by atoms with Gasteiger partial charge in [0.25, 0.3) is 6.33 Å². The molecule has 7 aromatic rings. The van der Waals surface area contributed by atoms with Gasteiger partial charge in [-0.1, -0.05) is 95.6 Å². The molecule has 0 atom stereocenters. The largest absolute Gasteiger partial charge is 0.522 e. The number of aromatic nitrogens is 5. The molecular weight excluding hydrogens is 798 g/mol. The van der Waals surface area contributed by atoms with Gasteiger partial charge >= 0.3 is 0 Å². The van der Waals surface area contributed by atoms with Gasteiger partial charge in [0, 0.05) is 56.4 Å². The van der Waals surface area contributed by atoms with Gasteiger partial charge in [0.15, 0.2) is 0 Å². The third-order valence-electron chi connectivity index (χ3n) is 8.05. The monoisotopic (exact) mass is 846 g/mol. The summed E-state index contributed by atoms with van der Waals surface area (Å²) < 4.78 is 63.9. The van der Waals surface area contributed by atoms with Crippen LogP contribution in [0.3, 0.4) is 0 Å². The van der Waals surface area contributed by atoms with Crippen LogP contribution in [-0.2, 0) is 39.2 Å². The number of hydrogen-bond acceptors (Lipinski definition) is 3. The first-order valence-electron chi connectivity index (χ1n) is 19.6. The fourth-order valence-corrected chi connectivity index (χ4v) is 5.88. The molecule has 0 fully saturated rings. The third kappa shape index (κ3) is 7.46. The summed E-state index contributed by atoms with van der Waals surface area (Å²) in [5.74, 6) is 0.850. The van der Waals surface area contributed by atoms with Crippen molar-refractivity contribution in [3.8, 4) is 28.8 Å². The Morgan fingerprint density at radius 3 is 2.26 bits per heavy atom. The van der Waals surface area contributed by atoms with E-state index in [1.807, 2.05) is 36.5 Å². The van der Waals surface area contributed by atoms with Crippen LogP contribution in [0, 0.1) is 30.3 Å². The van der Waals surface area contributed by atoms with Crippen molar-refractivity contribution < 1.29 is 38.6 Å². The van der Waals surface area contributed by atoms with Crippen LogP contribution < -0.4 is 9.30 Å². The van der Waals surface area contributed by atoms with Crippen molar-refractivity contribution in [2.24, 2.45) is 11.8 Å². The van der Waals surface area contributed by atoms with E-state index in [0.29, 0.717) is 17.2 Å². The Bertz CT molecular complexity index is 2530. The number of pyridine rings is 2. The van der Waals surface area contributed by atoms with Crippen LogP contribution in [0.1, 0.15) is 73.4 Å². The first-order valence-corrected chi connectivity index (χ1v) is 16.6. The van der Waals surface area contributed by atoms with E-state index in [1.165, 1.54) is 15.3 Å². The van der Waals surface area contributed by atoms with Crippen LogP contribution in [0.2, 0.25) is 0 Å². The van der Waals surface area contributed by atoms with Gasteiger partial charge in [0.1, 0.15) is 5.82 Å². The average molecular weight is 847 g/mol. The summed E-state index contributed by atoms with van der Waals surface area (Å²) in [5, 5.41) is 2.05. The first-order chi connectivity index (χ1) is 25.9. The molecular formula is C43H43N5OPt-2. The maximum Gasteiger partial charge on any atom is 0.268 e. The summed E-state index contributed by atoms with van der Waals surface area (Å²) in [6, 6.07) is 29.1. The van der Waals surface area contributed by atoms with Gasteiger partial charge in [0.2, 0.25) is 0 Å². The molecule has 6 nitrogen and oxygen atoms in total.